The van der Waals surface area contributed by atoms with Gasteiger partial charge in [-0.1, -0.05) is 13.8 Å². The van der Waals surface area contributed by atoms with Crippen LogP contribution in [0.1, 0.15) is 24.2 Å². The van der Waals surface area contributed by atoms with Gasteiger partial charge in [0.1, 0.15) is 12.1 Å². The molecule has 0 aliphatic rings. The Bertz CT molecular complexity index is 1030. The maximum absolute atomic E-state index is 12.0. The Morgan fingerprint density at radius 2 is 1.97 bits per heavy atom. The lowest BCUT2D eigenvalue weighted by atomic mass is 10.2. The van der Waals surface area contributed by atoms with Crippen molar-refractivity contribution in [3.63, 3.8) is 0 Å². The minimum Gasteiger partial charge on any atom is -0.462 e. The van der Waals surface area contributed by atoms with Crippen molar-refractivity contribution in [1.29, 1.82) is 0 Å². The summed E-state index contributed by atoms with van der Waals surface area (Å²) in [4.78, 5) is 34.7. The summed E-state index contributed by atoms with van der Waals surface area (Å²) >= 11 is 0. The second-order valence-electron chi connectivity index (χ2n) is 6.62. The number of anilines is 2. The van der Waals surface area contributed by atoms with Crippen LogP contribution in [0.2, 0.25) is 0 Å². The van der Waals surface area contributed by atoms with Gasteiger partial charge in [0.2, 0.25) is 5.82 Å². The zero-order chi connectivity index (χ0) is 21.5. The molecule has 0 atom stereocenters. The molecule has 0 saturated carbocycles. The molecule has 0 spiro atoms. The Morgan fingerprint density at radius 1 is 1.20 bits per heavy atom. The maximum Gasteiger partial charge on any atom is 0.373 e. The van der Waals surface area contributed by atoms with Crippen LogP contribution in [-0.4, -0.2) is 32.5 Å². The lowest BCUT2D eigenvalue weighted by Crippen LogP contribution is -2.10. The molecular formula is C20H19N5O5. The SMILES string of the molecule is CC(C)COC(=O)c1ccc(Nc2ncnc(Oc3cccnc3)c2[N+](=O)[O-])cc1. The molecule has 0 radical (unpaired) electrons. The van der Waals surface area contributed by atoms with Crippen molar-refractivity contribution >= 4 is 23.2 Å². The molecule has 30 heavy (non-hydrogen) atoms. The van der Waals surface area contributed by atoms with E-state index in [2.05, 4.69) is 20.3 Å². The van der Waals surface area contributed by atoms with Crippen LogP contribution in [0.25, 0.3) is 0 Å². The molecule has 0 saturated heterocycles. The van der Waals surface area contributed by atoms with Crippen molar-refractivity contribution < 1.29 is 19.2 Å². The topological polar surface area (TPSA) is 129 Å². The molecule has 0 amide bonds. The van der Waals surface area contributed by atoms with E-state index in [0.29, 0.717) is 23.6 Å². The molecule has 1 N–H and O–H groups in total. The van der Waals surface area contributed by atoms with Crippen LogP contribution in [0.3, 0.4) is 0 Å². The number of esters is 1. The highest BCUT2D eigenvalue weighted by molar-refractivity contribution is 5.90. The maximum atomic E-state index is 12.0. The second kappa shape index (κ2) is 9.41. The van der Waals surface area contributed by atoms with Crippen LogP contribution in [0, 0.1) is 16.0 Å². The molecule has 2 heterocycles. The van der Waals surface area contributed by atoms with Gasteiger partial charge in [0.15, 0.2) is 0 Å². The number of hydrogen-bond acceptors (Lipinski definition) is 9. The molecule has 3 rings (SSSR count). The predicted molar refractivity (Wildman–Crippen MR) is 108 cm³/mol. The average molecular weight is 409 g/mol. The van der Waals surface area contributed by atoms with E-state index in [1.165, 1.54) is 6.20 Å². The van der Waals surface area contributed by atoms with Gasteiger partial charge in [-0.25, -0.2) is 9.78 Å². The number of nitro groups is 1. The van der Waals surface area contributed by atoms with Crippen LogP contribution in [0.15, 0.2) is 55.1 Å². The summed E-state index contributed by atoms with van der Waals surface area (Å²) in [5, 5.41) is 14.5. The number of aromatic nitrogens is 3. The number of ether oxygens (including phenoxy) is 2. The van der Waals surface area contributed by atoms with Crippen molar-refractivity contribution in [3.8, 4) is 11.6 Å². The largest absolute Gasteiger partial charge is 0.462 e. The highest BCUT2D eigenvalue weighted by Crippen LogP contribution is 2.35. The molecule has 10 heteroatoms. The van der Waals surface area contributed by atoms with Gasteiger partial charge in [0.05, 0.1) is 23.3 Å². The second-order valence-corrected chi connectivity index (χ2v) is 6.62. The van der Waals surface area contributed by atoms with Crippen molar-refractivity contribution in [1.82, 2.24) is 15.0 Å². The Morgan fingerprint density at radius 3 is 2.60 bits per heavy atom. The minimum atomic E-state index is -0.633. The fourth-order valence-corrected chi connectivity index (χ4v) is 2.36. The Hall–Kier alpha value is -4.08. The van der Waals surface area contributed by atoms with Gasteiger partial charge in [0.25, 0.3) is 0 Å². The van der Waals surface area contributed by atoms with Crippen LogP contribution < -0.4 is 10.1 Å². The van der Waals surface area contributed by atoms with Gasteiger partial charge in [-0.15, -0.1) is 0 Å². The average Bonchev–Trinajstić information content (AvgIpc) is 2.73. The summed E-state index contributed by atoms with van der Waals surface area (Å²) in [6.07, 6.45) is 4.12. The third-order valence-corrected chi connectivity index (χ3v) is 3.75. The fourth-order valence-electron chi connectivity index (χ4n) is 2.36. The van der Waals surface area contributed by atoms with Gasteiger partial charge in [-0.05, 0) is 42.3 Å². The lowest BCUT2D eigenvalue weighted by Gasteiger charge is -2.10. The van der Waals surface area contributed by atoms with Gasteiger partial charge < -0.3 is 14.8 Å². The number of rotatable bonds is 8. The number of hydrogen-bond donors (Lipinski definition) is 1. The summed E-state index contributed by atoms with van der Waals surface area (Å²) in [6.45, 7) is 4.22. The summed E-state index contributed by atoms with van der Waals surface area (Å²) in [6, 6.07) is 9.55. The van der Waals surface area contributed by atoms with Crippen molar-refractivity contribution in [2.24, 2.45) is 5.92 Å². The zero-order valence-corrected chi connectivity index (χ0v) is 16.3. The van der Waals surface area contributed by atoms with E-state index in [4.69, 9.17) is 9.47 Å². The summed E-state index contributed by atoms with van der Waals surface area (Å²) in [5.41, 5.74) is 0.435. The first-order chi connectivity index (χ1) is 14.4. The normalized spacial score (nSPS) is 10.5. The molecule has 3 aromatic rings. The molecule has 0 fully saturated rings. The van der Waals surface area contributed by atoms with Crippen molar-refractivity contribution in [2.75, 3.05) is 11.9 Å². The lowest BCUT2D eigenvalue weighted by molar-refractivity contribution is -0.385. The van der Waals surface area contributed by atoms with Gasteiger partial charge in [-0.2, -0.15) is 4.98 Å². The van der Waals surface area contributed by atoms with E-state index in [1.807, 2.05) is 13.8 Å². The summed E-state index contributed by atoms with van der Waals surface area (Å²) in [7, 11) is 0. The van der Waals surface area contributed by atoms with Gasteiger partial charge >= 0.3 is 17.5 Å². The number of benzene rings is 1. The zero-order valence-electron chi connectivity index (χ0n) is 16.3. The molecule has 1 aromatic carbocycles. The van der Waals surface area contributed by atoms with Crippen LogP contribution in [-0.2, 0) is 4.74 Å². The van der Waals surface area contributed by atoms with Crippen molar-refractivity contribution in [2.45, 2.75) is 13.8 Å². The van der Waals surface area contributed by atoms with Crippen LogP contribution in [0.5, 0.6) is 11.6 Å². The number of nitrogens with one attached hydrogen (secondary N) is 1. The monoisotopic (exact) mass is 409 g/mol. The first-order valence-electron chi connectivity index (χ1n) is 9.05. The molecule has 0 aliphatic carbocycles. The summed E-state index contributed by atoms with van der Waals surface area (Å²) < 4.78 is 10.7. The molecular weight excluding hydrogens is 390 g/mol. The molecule has 10 nitrogen and oxygen atoms in total. The van der Waals surface area contributed by atoms with E-state index in [9.17, 15) is 14.9 Å². The van der Waals surface area contributed by atoms with Crippen molar-refractivity contribution in [3.05, 3.63) is 70.8 Å². The highest BCUT2D eigenvalue weighted by Gasteiger charge is 2.25. The van der Waals surface area contributed by atoms with E-state index in [0.717, 1.165) is 6.33 Å². The summed E-state index contributed by atoms with van der Waals surface area (Å²) in [5.74, 6) is -0.176. The van der Waals surface area contributed by atoms with Crippen LogP contribution >= 0.6 is 0 Å². The standard InChI is InChI=1S/C20H19N5O5/c1-13(2)11-29-20(26)14-5-7-15(8-6-14)24-18-17(25(27)28)19(23-12-22-18)30-16-4-3-9-21-10-16/h3-10,12-13H,11H2,1-2H3,(H,22,23,24). The Labute approximate surface area is 172 Å². The third kappa shape index (κ3) is 5.25. The smallest absolute Gasteiger partial charge is 0.373 e. The Kier molecular flexibility index (Phi) is 6.48. The number of pyridine rings is 1. The molecule has 0 bridgehead atoms. The van der Waals surface area contributed by atoms with E-state index >= 15 is 0 Å². The highest BCUT2D eigenvalue weighted by atomic mass is 16.6. The Balaban J connectivity index is 1.80. The molecule has 2 aromatic heterocycles. The number of carbonyl (C=O) groups is 1. The van der Waals surface area contributed by atoms with Crippen LogP contribution in [0.4, 0.5) is 17.2 Å². The minimum absolute atomic E-state index is 0.0518. The fraction of sp³-hybridized carbons (Fsp3) is 0.200. The van der Waals surface area contributed by atoms with E-state index in [-0.39, 0.29) is 17.6 Å². The quantitative estimate of drug-likeness (QED) is 0.331. The van der Waals surface area contributed by atoms with E-state index < -0.39 is 16.6 Å². The molecule has 0 aliphatic heterocycles. The first kappa shape index (κ1) is 20.6. The third-order valence-electron chi connectivity index (χ3n) is 3.75. The molecule has 154 valence electrons. The number of nitrogens with zero attached hydrogens (tertiary/aromatic N) is 4. The number of carbonyl (C=O) groups excluding carboxylic acids is 1. The molecule has 0 unspecified atom stereocenters. The van der Waals surface area contributed by atoms with E-state index in [1.54, 1.807) is 42.6 Å². The predicted octanol–water partition coefficient (Wildman–Crippen LogP) is 4.13. The van der Waals surface area contributed by atoms with Gasteiger partial charge in [-0.3, -0.25) is 15.1 Å². The first-order valence-corrected chi connectivity index (χ1v) is 9.05. The van der Waals surface area contributed by atoms with Gasteiger partial charge in [0, 0.05) is 11.9 Å².